The summed E-state index contributed by atoms with van der Waals surface area (Å²) in [4.78, 5) is 24.7. The van der Waals surface area contributed by atoms with E-state index in [2.05, 4.69) is 17.6 Å². The van der Waals surface area contributed by atoms with E-state index in [1.807, 2.05) is 7.05 Å². The molecule has 1 aliphatic carbocycles. The number of hydrogen-bond donors (Lipinski definition) is 2. The molecule has 0 aromatic rings. The topological polar surface area (TPSA) is 61.4 Å². The van der Waals surface area contributed by atoms with Gasteiger partial charge in [-0.25, -0.2) is 0 Å². The molecule has 2 rings (SSSR count). The maximum Gasteiger partial charge on any atom is 0.241 e. The van der Waals surface area contributed by atoms with E-state index in [9.17, 15) is 9.59 Å². The Morgan fingerprint density at radius 3 is 2.75 bits per heavy atom. The summed E-state index contributed by atoms with van der Waals surface area (Å²) in [5.74, 6) is 1.48. The van der Waals surface area contributed by atoms with Crippen molar-refractivity contribution < 1.29 is 9.59 Å². The van der Waals surface area contributed by atoms with Crippen LogP contribution in [0.15, 0.2) is 0 Å². The average molecular weight is 225 g/mol. The summed E-state index contributed by atoms with van der Waals surface area (Å²) < 4.78 is 0. The number of rotatable bonds is 3. The summed E-state index contributed by atoms with van der Waals surface area (Å²) >= 11 is 0. The molecular weight excluding hydrogens is 206 g/mol. The van der Waals surface area contributed by atoms with Gasteiger partial charge in [0, 0.05) is 20.1 Å². The molecule has 2 N–H and O–H groups in total. The van der Waals surface area contributed by atoms with Gasteiger partial charge in [0.15, 0.2) is 0 Å². The van der Waals surface area contributed by atoms with Crippen molar-refractivity contribution in [1.29, 1.82) is 0 Å². The average Bonchev–Trinajstić information content (AvgIpc) is 2.94. The van der Waals surface area contributed by atoms with E-state index in [1.54, 1.807) is 4.90 Å². The molecule has 0 aromatic carbocycles. The normalized spacial score (nSPS) is 33.1. The van der Waals surface area contributed by atoms with E-state index in [-0.39, 0.29) is 24.4 Å². The maximum atomic E-state index is 12.0. The molecule has 5 nitrogen and oxygen atoms in total. The molecule has 3 atom stereocenters. The van der Waals surface area contributed by atoms with Crippen molar-refractivity contribution in [1.82, 2.24) is 15.5 Å². The molecule has 1 saturated carbocycles. The van der Waals surface area contributed by atoms with Crippen molar-refractivity contribution in [2.45, 2.75) is 19.4 Å². The van der Waals surface area contributed by atoms with Gasteiger partial charge >= 0.3 is 0 Å². The summed E-state index contributed by atoms with van der Waals surface area (Å²) in [5.41, 5.74) is 0. The van der Waals surface area contributed by atoms with Crippen molar-refractivity contribution in [3.63, 3.8) is 0 Å². The van der Waals surface area contributed by atoms with Crippen LogP contribution in [0.3, 0.4) is 0 Å². The summed E-state index contributed by atoms with van der Waals surface area (Å²) in [6.45, 7) is 3.69. The monoisotopic (exact) mass is 225 g/mol. The van der Waals surface area contributed by atoms with Gasteiger partial charge in [0.1, 0.15) is 6.04 Å². The summed E-state index contributed by atoms with van der Waals surface area (Å²) in [6.07, 6.45) is 1.23. The number of amides is 2. The van der Waals surface area contributed by atoms with Gasteiger partial charge in [-0.05, 0) is 18.3 Å². The van der Waals surface area contributed by atoms with Crippen molar-refractivity contribution in [3.8, 4) is 0 Å². The number of hydrogen-bond acceptors (Lipinski definition) is 3. The molecule has 1 heterocycles. The highest BCUT2D eigenvalue weighted by molar-refractivity contribution is 5.86. The third kappa shape index (κ3) is 2.52. The van der Waals surface area contributed by atoms with Crippen LogP contribution >= 0.6 is 0 Å². The number of nitrogens with zero attached hydrogens (tertiary/aromatic N) is 1. The molecule has 5 heteroatoms. The first-order valence-corrected chi connectivity index (χ1v) is 5.83. The van der Waals surface area contributed by atoms with Crippen molar-refractivity contribution in [2.24, 2.45) is 11.8 Å². The van der Waals surface area contributed by atoms with Gasteiger partial charge in [-0.2, -0.15) is 0 Å². The third-order valence-electron chi connectivity index (χ3n) is 3.47. The van der Waals surface area contributed by atoms with Crippen LogP contribution in [-0.4, -0.2) is 49.4 Å². The van der Waals surface area contributed by atoms with E-state index < -0.39 is 0 Å². The predicted octanol–water partition coefficient (Wildman–Crippen LogP) is -0.811. The number of piperazine rings is 1. The van der Waals surface area contributed by atoms with Crippen molar-refractivity contribution in [2.75, 3.05) is 26.7 Å². The van der Waals surface area contributed by atoms with Gasteiger partial charge in [0.2, 0.25) is 11.8 Å². The lowest BCUT2D eigenvalue weighted by Gasteiger charge is -2.27. The molecular formula is C11H19N3O2. The highest BCUT2D eigenvalue weighted by Gasteiger charge is 2.35. The Balaban J connectivity index is 1.79. The largest absolute Gasteiger partial charge is 0.353 e. The first-order valence-electron chi connectivity index (χ1n) is 5.83. The van der Waals surface area contributed by atoms with Crippen molar-refractivity contribution in [3.05, 3.63) is 0 Å². The SMILES string of the molecule is CC1CC1CN(C)C(=O)C1CNC(=O)CN1. The Kier molecular flexibility index (Phi) is 3.14. The second-order valence-corrected chi connectivity index (χ2v) is 4.93. The fourth-order valence-electron chi connectivity index (χ4n) is 2.10. The van der Waals surface area contributed by atoms with Crippen molar-refractivity contribution >= 4 is 11.8 Å². The van der Waals surface area contributed by atoms with Crippen LogP contribution in [0.2, 0.25) is 0 Å². The molecule has 1 aliphatic heterocycles. The molecule has 0 radical (unpaired) electrons. The molecule has 0 spiro atoms. The molecule has 16 heavy (non-hydrogen) atoms. The predicted molar refractivity (Wildman–Crippen MR) is 59.7 cm³/mol. The molecule has 3 unspecified atom stereocenters. The smallest absolute Gasteiger partial charge is 0.241 e. The molecule has 0 aromatic heterocycles. The number of carbonyl (C=O) groups excluding carboxylic acids is 2. The standard InChI is InChI=1S/C11H19N3O2/c1-7-3-8(7)6-14(2)11(16)9-4-13-10(15)5-12-9/h7-9,12H,3-6H2,1-2H3,(H,13,15). The fraction of sp³-hybridized carbons (Fsp3) is 0.818. The van der Waals surface area contributed by atoms with Gasteiger partial charge in [0.25, 0.3) is 0 Å². The minimum Gasteiger partial charge on any atom is -0.353 e. The number of carbonyl (C=O) groups is 2. The van der Waals surface area contributed by atoms with E-state index in [1.165, 1.54) is 6.42 Å². The summed E-state index contributed by atoms with van der Waals surface area (Å²) in [7, 11) is 1.84. The lowest BCUT2D eigenvalue weighted by Crippen LogP contribution is -2.58. The first-order chi connectivity index (χ1) is 7.58. The summed E-state index contributed by atoms with van der Waals surface area (Å²) in [6, 6.07) is -0.253. The second kappa shape index (κ2) is 4.41. The highest BCUT2D eigenvalue weighted by atomic mass is 16.2. The third-order valence-corrected chi connectivity index (χ3v) is 3.47. The van der Waals surface area contributed by atoms with Gasteiger partial charge in [-0.1, -0.05) is 6.92 Å². The Morgan fingerprint density at radius 2 is 2.25 bits per heavy atom. The molecule has 1 saturated heterocycles. The number of likely N-dealkylation sites (N-methyl/N-ethyl adjacent to an activating group) is 1. The van der Waals surface area contributed by atoms with Gasteiger partial charge in [-0.3, -0.25) is 14.9 Å². The maximum absolute atomic E-state index is 12.0. The van der Waals surface area contributed by atoms with Crippen LogP contribution in [0.4, 0.5) is 0 Å². The van der Waals surface area contributed by atoms with E-state index >= 15 is 0 Å². The van der Waals surface area contributed by atoms with Crippen LogP contribution < -0.4 is 10.6 Å². The van der Waals surface area contributed by atoms with Crippen LogP contribution in [0.5, 0.6) is 0 Å². The summed E-state index contributed by atoms with van der Waals surface area (Å²) in [5, 5.41) is 5.65. The van der Waals surface area contributed by atoms with Gasteiger partial charge in [-0.15, -0.1) is 0 Å². The Morgan fingerprint density at radius 1 is 1.56 bits per heavy atom. The van der Waals surface area contributed by atoms with Crippen LogP contribution in [0, 0.1) is 11.8 Å². The second-order valence-electron chi connectivity index (χ2n) is 4.93. The van der Waals surface area contributed by atoms with Crippen LogP contribution in [0.25, 0.3) is 0 Å². The van der Waals surface area contributed by atoms with E-state index in [0.29, 0.717) is 12.5 Å². The first kappa shape index (κ1) is 11.4. The van der Waals surface area contributed by atoms with Gasteiger partial charge in [0.05, 0.1) is 6.54 Å². The van der Waals surface area contributed by atoms with E-state index in [4.69, 9.17) is 0 Å². The molecule has 2 fully saturated rings. The van der Waals surface area contributed by atoms with Gasteiger partial charge < -0.3 is 10.2 Å². The zero-order chi connectivity index (χ0) is 11.7. The minimum atomic E-state index is -0.253. The lowest BCUT2D eigenvalue weighted by atomic mass is 10.2. The highest BCUT2D eigenvalue weighted by Crippen LogP contribution is 2.37. The minimum absolute atomic E-state index is 0.0393. The molecule has 90 valence electrons. The van der Waals surface area contributed by atoms with E-state index in [0.717, 1.165) is 12.5 Å². The van der Waals surface area contributed by atoms with Crippen LogP contribution in [-0.2, 0) is 9.59 Å². The lowest BCUT2D eigenvalue weighted by molar-refractivity contribution is -0.133. The Labute approximate surface area is 95.6 Å². The number of nitrogens with one attached hydrogen (secondary N) is 2. The Bertz CT molecular complexity index is 296. The molecule has 2 amide bonds. The molecule has 0 bridgehead atoms. The quantitative estimate of drug-likeness (QED) is 0.660. The molecule has 2 aliphatic rings. The zero-order valence-corrected chi connectivity index (χ0v) is 9.82. The Hall–Kier alpha value is -1.10. The zero-order valence-electron chi connectivity index (χ0n) is 9.82. The fourth-order valence-corrected chi connectivity index (χ4v) is 2.10. The van der Waals surface area contributed by atoms with Crippen LogP contribution in [0.1, 0.15) is 13.3 Å².